The normalized spacial score (nSPS) is 13.6. The first-order valence-corrected chi connectivity index (χ1v) is 4.88. The highest BCUT2D eigenvalue weighted by Crippen LogP contribution is 2.08. The predicted molar refractivity (Wildman–Crippen MR) is 58.2 cm³/mol. The summed E-state index contributed by atoms with van der Waals surface area (Å²) in [7, 11) is 0. The number of amides is 1. The molecule has 1 N–H and O–H groups in total. The van der Waals surface area contributed by atoms with E-state index in [1.807, 2.05) is 34.6 Å². The SMILES string of the molecule is C=CC(NC(=O)OC(C)(C)C)C(C)C. The zero-order valence-corrected chi connectivity index (χ0v) is 9.76. The van der Waals surface area contributed by atoms with Gasteiger partial charge in [0.1, 0.15) is 5.60 Å². The summed E-state index contributed by atoms with van der Waals surface area (Å²) in [6.07, 6.45) is 1.32. The number of hydrogen-bond donors (Lipinski definition) is 1. The summed E-state index contributed by atoms with van der Waals surface area (Å²) in [4.78, 5) is 11.4. The van der Waals surface area contributed by atoms with Gasteiger partial charge in [0.2, 0.25) is 0 Å². The van der Waals surface area contributed by atoms with Crippen LogP contribution in [0.15, 0.2) is 12.7 Å². The number of nitrogens with one attached hydrogen (secondary N) is 1. The standard InChI is InChI=1S/C11H21NO2/c1-7-9(8(2)3)12-10(13)14-11(4,5)6/h7-9H,1H2,2-6H3,(H,12,13). The minimum Gasteiger partial charge on any atom is -0.444 e. The minimum absolute atomic E-state index is 0.0372. The Labute approximate surface area is 86.5 Å². The van der Waals surface area contributed by atoms with Gasteiger partial charge in [0.15, 0.2) is 0 Å². The zero-order chi connectivity index (χ0) is 11.4. The summed E-state index contributed by atoms with van der Waals surface area (Å²) >= 11 is 0. The van der Waals surface area contributed by atoms with Crippen LogP contribution in [0.3, 0.4) is 0 Å². The summed E-state index contributed by atoms with van der Waals surface area (Å²) in [5.41, 5.74) is -0.452. The third-order valence-corrected chi connectivity index (χ3v) is 1.66. The molecule has 0 spiro atoms. The smallest absolute Gasteiger partial charge is 0.408 e. The highest BCUT2D eigenvalue weighted by atomic mass is 16.6. The fraction of sp³-hybridized carbons (Fsp3) is 0.727. The van der Waals surface area contributed by atoms with Crippen LogP contribution in [0.25, 0.3) is 0 Å². The van der Waals surface area contributed by atoms with Gasteiger partial charge < -0.3 is 10.1 Å². The minimum atomic E-state index is -0.452. The van der Waals surface area contributed by atoms with E-state index in [2.05, 4.69) is 11.9 Å². The molecule has 0 saturated carbocycles. The summed E-state index contributed by atoms with van der Waals surface area (Å²) in [6, 6.07) is -0.0372. The fourth-order valence-electron chi connectivity index (χ4n) is 0.941. The third kappa shape index (κ3) is 5.62. The topological polar surface area (TPSA) is 38.3 Å². The van der Waals surface area contributed by atoms with Gasteiger partial charge in [0.25, 0.3) is 0 Å². The van der Waals surface area contributed by atoms with Crippen LogP contribution in [0.2, 0.25) is 0 Å². The van der Waals surface area contributed by atoms with Crippen molar-refractivity contribution in [2.45, 2.75) is 46.3 Å². The first kappa shape index (κ1) is 13.0. The van der Waals surface area contributed by atoms with E-state index < -0.39 is 11.7 Å². The van der Waals surface area contributed by atoms with E-state index in [-0.39, 0.29) is 6.04 Å². The molecule has 0 rings (SSSR count). The quantitative estimate of drug-likeness (QED) is 0.710. The molecule has 3 nitrogen and oxygen atoms in total. The van der Waals surface area contributed by atoms with Crippen LogP contribution < -0.4 is 5.32 Å². The maximum atomic E-state index is 11.4. The number of carbonyl (C=O) groups is 1. The molecule has 0 bridgehead atoms. The molecule has 0 aliphatic rings. The molecule has 0 aliphatic carbocycles. The van der Waals surface area contributed by atoms with Crippen molar-refractivity contribution in [3.05, 3.63) is 12.7 Å². The van der Waals surface area contributed by atoms with Gasteiger partial charge in [0.05, 0.1) is 6.04 Å². The van der Waals surface area contributed by atoms with Gasteiger partial charge in [-0.15, -0.1) is 6.58 Å². The van der Waals surface area contributed by atoms with Gasteiger partial charge in [0, 0.05) is 0 Å². The Morgan fingerprint density at radius 3 is 2.21 bits per heavy atom. The lowest BCUT2D eigenvalue weighted by Gasteiger charge is -2.23. The average molecular weight is 199 g/mol. The van der Waals surface area contributed by atoms with Gasteiger partial charge >= 0.3 is 6.09 Å². The zero-order valence-electron chi connectivity index (χ0n) is 9.76. The van der Waals surface area contributed by atoms with Crippen LogP contribution in [-0.2, 0) is 4.74 Å². The first-order valence-electron chi connectivity index (χ1n) is 4.88. The molecule has 0 aromatic rings. The van der Waals surface area contributed by atoms with Crippen LogP contribution in [-0.4, -0.2) is 17.7 Å². The lowest BCUT2D eigenvalue weighted by Crippen LogP contribution is -2.40. The largest absolute Gasteiger partial charge is 0.444 e. The van der Waals surface area contributed by atoms with Gasteiger partial charge in [-0.3, -0.25) is 0 Å². The first-order chi connectivity index (χ1) is 6.26. The molecule has 0 heterocycles. The Morgan fingerprint density at radius 2 is 1.93 bits per heavy atom. The van der Waals surface area contributed by atoms with Gasteiger partial charge in [-0.25, -0.2) is 4.79 Å². The summed E-state index contributed by atoms with van der Waals surface area (Å²) < 4.78 is 5.12. The van der Waals surface area contributed by atoms with Crippen molar-refractivity contribution in [3.8, 4) is 0 Å². The van der Waals surface area contributed by atoms with E-state index in [4.69, 9.17) is 4.74 Å². The van der Waals surface area contributed by atoms with Crippen molar-refractivity contribution in [1.29, 1.82) is 0 Å². The maximum absolute atomic E-state index is 11.4. The van der Waals surface area contributed by atoms with Crippen molar-refractivity contribution < 1.29 is 9.53 Å². The van der Waals surface area contributed by atoms with E-state index >= 15 is 0 Å². The molecule has 1 atom stereocenters. The van der Waals surface area contributed by atoms with Crippen molar-refractivity contribution in [2.75, 3.05) is 0 Å². The molecule has 3 heteroatoms. The van der Waals surface area contributed by atoms with Crippen molar-refractivity contribution in [3.63, 3.8) is 0 Å². The van der Waals surface area contributed by atoms with E-state index in [0.29, 0.717) is 5.92 Å². The molecular weight excluding hydrogens is 178 g/mol. The number of ether oxygens (including phenoxy) is 1. The predicted octanol–water partition coefficient (Wildman–Crippen LogP) is 2.72. The van der Waals surface area contributed by atoms with E-state index in [1.165, 1.54) is 0 Å². The second kappa shape index (κ2) is 5.03. The maximum Gasteiger partial charge on any atom is 0.408 e. The highest BCUT2D eigenvalue weighted by molar-refractivity contribution is 5.68. The van der Waals surface area contributed by atoms with Gasteiger partial charge in [-0.2, -0.15) is 0 Å². The fourth-order valence-corrected chi connectivity index (χ4v) is 0.941. The van der Waals surface area contributed by atoms with Gasteiger partial charge in [-0.05, 0) is 26.7 Å². The molecule has 0 aromatic heterocycles. The van der Waals surface area contributed by atoms with E-state index in [9.17, 15) is 4.79 Å². The van der Waals surface area contributed by atoms with Crippen LogP contribution in [0.1, 0.15) is 34.6 Å². The van der Waals surface area contributed by atoms with Gasteiger partial charge in [-0.1, -0.05) is 19.9 Å². The third-order valence-electron chi connectivity index (χ3n) is 1.66. The van der Waals surface area contributed by atoms with Crippen LogP contribution in [0.5, 0.6) is 0 Å². The van der Waals surface area contributed by atoms with Crippen molar-refractivity contribution in [2.24, 2.45) is 5.92 Å². The Bertz CT molecular complexity index is 204. The summed E-state index contributed by atoms with van der Waals surface area (Å²) in [5, 5.41) is 2.74. The summed E-state index contributed by atoms with van der Waals surface area (Å²) in [6.45, 7) is 13.2. The number of rotatable bonds is 3. The summed E-state index contributed by atoms with van der Waals surface area (Å²) in [5.74, 6) is 0.319. The number of alkyl carbamates (subject to hydrolysis) is 1. The molecular formula is C11H21NO2. The average Bonchev–Trinajstić information content (AvgIpc) is 1.96. The molecule has 82 valence electrons. The van der Waals surface area contributed by atoms with Crippen LogP contribution in [0.4, 0.5) is 4.79 Å². The molecule has 0 aromatic carbocycles. The molecule has 1 amide bonds. The second-order valence-corrected chi connectivity index (χ2v) is 4.65. The van der Waals surface area contributed by atoms with Crippen molar-refractivity contribution in [1.82, 2.24) is 5.32 Å². The Hall–Kier alpha value is -0.990. The van der Waals surface area contributed by atoms with Crippen LogP contribution in [0, 0.1) is 5.92 Å². The number of hydrogen-bond acceptors (Lipinski definition) is 2. The Kier molecular flexibility index (Phi) is 4.68. The van der Waals surface area contributed by atoms with E-state index in [1.54, 1.807) is 6.08 Å². The lowest BCUT2D eigenvalue weighted by atomic mass is 10.1. The highest BCUT2D eigenvalue weighted by Gasteiger charge is 2.19. The van der Waals surface area contributed by atoms with E-state index in [0.717, 1.165) is 0 Å². The van der Waals surface area contributed by atoms with Crippen molar-refractivity contribution >= 4 is 6.09 Å². The van der Waals surface area contributed by atoms with Crippen LogP contribution >= 0.6 is 0 Å². The molecule has 0 radical (unpaired) electrons. The lowest BCUT2D eigenvalue weighted by molar-refractivity contribution is 0.0504. The Morgan fingerprint density at radius 1 is 1.43 bits per heavy atom. The monoisotopic (exact) mass is 199 g/mol. The second-order valence-electron chi connectivity index (χ2n) is 4.65. The molecule has 1 unspecified atom stereocenters. The molecule has 0 saturated heterocycles. The molecule has 14 heavy (non-hydrogen) atoms. The molecule has 0 fully saturated rings. The molecule has 0 aliphatic heterocycles. The Balaban J connectivity index is 4.11. The number of carbonyl (C=O) groups excluding carboxylic acids is 1.